The number of carbonyl (C=O) groups is 1. The summed E-state index contributed by atoms with van der Waals surface area (Å²) in [5, 5.41) is 2.39. The van der Waals surface area contributed by atoms with Gasteiger partial charge in [0.25, 0.3) is 5.91 Å². The van der Waals surface area contributed by atoms with E-state index in [0.717, 1.165) is 0 Å². The van der Waals surface area contributed by atoms with Crippen LogP contribution in [0, 0.1) is 0 Å². The van der Waals surface area contributed by atoms with Crippen molar-refractivity contribution >= 4 is 5.91 Å². The van der Waals surface area contributed by atoms with E-state index in [0.29, 0.717) is 18.1 Å². The molecule has 5 nitrogen and oxygen atoms in total. The number of hydrogen-bond acceptors (Lipinski definition) is 4. The molecule has 0 unspecified atom stereocenters. The third kappa shape index (κ3) is 8.35. The van der Waals surface area contributed by atoms with Crippen LogP contribution in [0.5, 0.6) is 11.5 Å². The molecular weight excluding hydrogens is 303 g/mol. The standard InChI is InChI=1S/C14H18F3NO4/c1-2-21-11-3-5-12(6-4-11)22-9-13(19)18-7-8-20-10-14(15,16)17/h3-6H,2,7-10H2,1H3,(H,18,19). The van der Waals surface area contributed by atoms with Crippen molar-refractivity contribution in [2.75, 3.05) is 33.0 Å². The average Bonchev–Trinajstić information content (AvgIpc) is 2.45. The maximum absolute atomic E-state index is 11.8. The summed E-state index contributed by atoms with van der Waals surface area (Å²) in [6.07, 6.45) is -4.36. The Morgan fingerprint density at radius 2 is 1.73 bits per heavy atom. The van der Waals surface area contributed by atoms with E-state index in [1.807, 2.05) is 6.92 Å². The average molecular weight is 321 g/mol. The largest absolute Gasteiger partial charge is 0.494 e. The van der Waals surface area contributed by atoms with Crippen LogP contribution in [0.25, 0.3) is 0 Å². The van der Waals surface area contributed by atoms with Crippen molar-refractivity contribution in [2.45, 2.75) is 13.1 Å². The summed E-state index contributed by atoms with van der Waals surface area (Å²) >= 11 is 0. The summed E-state index contributed by atoms with van der Waals surface area (Å²) in [5.41, 5.74) is 0. The Hall–Kier alpha value is -1.96. The van der Waals surface area contributed by atoms with E-state index in [2.05, 4.69) is 10.1 Å². The molecule has 22 heavy (non-hydrogen) atoms. The number of carbonyl (C=O) groups excluding carboxylic acids is 1. The zero-order valence-electron chi connectivity index (χ0n) is 12.1. The highest BCUT2D eigenvalue weighted by Gasteiger charge is 2.27. The number of amides is 1. The van der Waals surface area contributed by atoms with Gasteiger partial charge in [-0.15, -0.1) is 0 Å². The summed E-state index contributed by atoms with van der Waals surface area (Å²) in [4.78, 5) is 11.4. The molecule has 0 bridgehead atoms. The minimum Gasteiger partial charge on any atom is -0.494 e. The second kappa shape index (κ2) is 9.14. The molecule has 1 rings (SSSR count). The molecule has 0 aromatic heterocycles. The van der Waals surface area contributed by atoms with E-state index in [9.17, 15) is 18.0 Å². The fourth-order valence-electron chi connectivity index (χ4n) is 1.45. The minimum absolute atomic E-state index is 0.0124. The third-order valence-electron chi connectivity index (χ3n) is 2.34. The topological polar surface area (TPSA) is 56.8 Å². The van der Waals surface area contributed by atoms with Gasteiger partial charge in [0, 0.05) is 6.54 Å². The molecule has 8 heteroatoms. The number of nitrogens with one attached hydrogen (secondary N) is 1. The van der Waals surface area contributed by atoms with Crippen LogP contribution in [0.4, 0.5) is 13.2 Å². The van der Waals surface area contributed by atoms with Gasteiger partial charge < -0.3 is 19.5 Å². The Morgan fingerprint density at radius 3 is 2.27 bits per heavy atom. The van der Waals surface area contributed by atoms with Crippen LogP contribution in [0.1, 0.15) is 6.92 Å². The van der Waals surface area contributed by atoms with E-state index in [-0.39, 0.29) is 19.8 Å². The fourth-order valence-corrected chi connectivity index (χ4v) is 1.45. The number of hydrogen-bond donors (Lipinski definition) is 1. The molecule has 0 spiro atoms. The van der Waals surface area contributed by atoms with Crippen molar-refractivity contribution in [2.24, 2.45) is 0 Å². The Bertz CT molecular complexity index is 448. The molecule has 124 valence electrons. The van der Waals surface area contributed by atoms with Crippen molar-refractivity contribution in [3.05, 3.63) is 24.3 Å². The van der Waals surface area contributed by atoms with Gasteiger partial charge in [-0.3, -0.25) is 4.79 Å². The second-order valence-electron chi connectivity index (χ2n) is 4.21. The van der Waals surface area contributed by atoms with E-state index in [1.54, 1.807) is 24.3 Å². The van der Waals surface area contributed by atoms with Gasteiger partial charge in [-0.2, -0.15) is 13.2 Å². The SMILES string of the molecule is CCOc1ccc(OCC(=O)NCCOCC(F)(F)F)cc1. The Kier molecular flexibility index (Phi) is 7.51. The number of rotatable bonds is 9. The Morgan fingerprint density at radius 1 is 1.14 bits per heavy atom. The lowest BCUT2D eigenvalue weighted by Crippen LogP contribution is -2.32. The molecule has 1 N–H and O–H groups in total. The molecule has 0 heterocycles. The molecule has 0 aliphatic heterocycles. The number of alkyl halides is 3. The molecule has 0 saturated heterocycles. The van der Waals surface area contributed by atoms with E-state index >= 15 is 0 Å². The monoisotopic (exact) mass is 321 g/mol. The van der Waals surface area contributed by atoms with Crippen molar-refractivity contribution in [3.63, 3.8) is 0 Å². The molecule has 1 amide bonds. The maximum atomic E-state index is 11.8. The predicted molar refractivity (Wildman–Crippen MR) is 73.0 cm³/mol. The lowest BCUT2D eigenvalue weighted by atomic mass is 10.3. The van der Waals surface area contributed by atoms with E-state index in [4.69, 9.17) is 9.47 Å². The van der Waals surface area contributed by atoms with Gasteiger partial charge in [0.05, 0.1) is 13.2 Å². The van der Waals surface area contributed by atoms with Crippen LogP contribution in [0.15, 0.2) is 24.3 Å². The van der Waals surface area contributed by atoms with Crippen LogP contribution < -0.4 is 14.8 Å². The van der Waals surface area contributed by atoms with Gasteiger partial charge in [-0.1, -0.05) is 0 Å². The zero-order valence-corrected chi connectivity index (χ0v) is 12.1. The van der Waals surface area contributed by atoms with Gasteiger partial charge in [0.2, 0.25) is 0 Å². The minimum atomic E-state index is -4.36. The first kappa shape index (κ1) is 18.1. The van der Waals surface area contributed by atoms with Crippen LogP contribution in [0.3, 0.4) is 0 Å². The molecule has 0 saturated carbocycles. The number of ether oxygens (including phenoxy) is 3. The van der Waals surface area contributed by atoms with Crippen LogP contribution in [-0.4, -0.2) is 45.1 Å². The molecular formula is C14H18F3NO4. The zero-order chi connectivity index (χ0) is 16.4. The van der Waals surface area contributed by atoms with Crippen LogP contribution in [-0.2, 0) is 9.53 Å². The van der Waals surface area contributed by atoms with Gasteiger partial charge in [0.1, 0.15) is 18.1 Å². The van der Waals surface area contributed by atoms with Crippen molar-refractivity contribution in [1.29, 1.82) is 0 Å². The number of benzene rings is 1. The first-order valence-corrected chi connectivity index (χ1v) is 6.67. The van der Waals surface area contributed by atoms with Gasteiger partial charge >= 0.3 is 6.18 Å². The van der Waals surface area contributed by atoms with E-state index < -0.39 is 18.7 Å². The summed E-state index contributed by atoms with van der Waals surface area (Å²) in [6.45, 7) is 0.640. The summed E-state index contributed by atoms with van der Waals surface area (Å²) in [6, 6.07) is 6.73. The van der Waals surface area contributed by atoms with Crippen molar-refractivity contribution in [3.8, 4) is 11.5 Å². The quantitative estimate of drug-likeness (QED) is 0.708. The smallest absolute Gasteiger partial charge is 0.411 e. The summed E-state index contributed by atoms with van der Waals surface area (Å²) < 4.78 is 50.2. The van der Waals surface area contributed by atoms with Gasteiger partial charge in [0.15, 0.2) is 6.61 Å². The van der Waals surface area contributed by atoms with Crippen molar-refractivity contribution in [1.82, 2.24) is 5.32 Å². The molecule has 0 aliphatic rings. The second-order valence-corrected chi connectivity index (χ2v) is 4.21. The Balaban J connectivity index is 2.15. The van der Waals surface area contributed by atoms with Gasteiger partial charge in [-0.05, 0) is 31.2 Å². The van der Waals surface area contributed by atoms with E-state index in [1.165, 1.54) is 0 Å². The highest BCUT2D eigenvalue weighted by Crippen LogP contribution is 2.17. The molecule has 1 aromatic carbocycles. The van der Waals surface area contributed by atoms with Crippen molar-refractivity contribution < 1.29 is 32.2 Å². The molecule has 0 atom stereocenters. The predicted octanol–water partition coefficient (Wildman–Crippen LogP) is 2.16. The lowest BCUT2D eigenvalue weighted by Gasteiger charge is -2.09. The maximum Gasteiger partial charge on any atom is 0.411 e. The highest BCUT2D eigenvalue weighted by atomic mass is 19.4. The fraction of sp³-hybridized carbons (Fsp3) is 0.500. The lowest BCUT2D eigenvalue weighted by molar-refractivity contribution is -0.173. The van der Waals surface area contributed by atoms with Crippen LogP contribution >= 0.6 is 0 Å². The first-order chi connectivity index (χ1) is 10.4. The van der Waals surface area contributed by atoms with Crippen LogP contribution in [0.2, 0.25) is 0 Å². The number of halogens is 3. The Labute approximate surface area is 126 Å². The molecule has 0 fully saturated rings. The van der Waals surface area contributed by atoms with Gasteiger partial charge in [-0.25, -0.2) is 0 Å². The highest BCUT2D eigenvalue weighted by molar-refractivity contribution is 5.77. The normalized spacial score (nSPS) is 11.1. The molecule has 0 aliphatic carbocycles. The first-order valence-electron chi connectivity index (χ1n) is 6.67. The third-order valence-corrected chi connectivity index (χ3v) is 2.34. The summed E-state index contributed by atoms with van der Waals surface area (Å²) in [7, 11) is 0. The molecule has 1 aromatic rings. The summed E-state index contributed by atoms with van der Waals surface area (Å²) in [5.74, 6) is 0.748. The molecule has 0 radical (unpaired) electrons.